The van der Waals surface area contributed by atoms with E-state index >= 15 is 0 Å². The summed E-state index contributed by atoms with van der Waals surface area (Å²) in [6, 6.07) is 2.63. The summed E-state index contributed by atoms with van der Waals surface area (Å²) >= 11 is 0. The molecule has 0 spiro atoms. The molecule has 0 aliphatic heterocycles. The fourth-order valence-corrected chi connectivity index (χ4v) is 1.76. The van der Waals surface area contributed by atoms with Crippen molar-refractivity contribution in [3.63, 3.8) is 0 Å². The number of likely N-dealkylation sites (N-methyl/N-ethyl adjacent to an activating group) is 1. The first-order valence-corrected chi connectivity index (χ1v) is 5.30. The van der Waals surface area contributed by atoms with Crippen LogP contribution in [0.3, 0.4) is 0 Å². The van der Waals surface area contributed by atoms with E-state index in [-0.39, 0.29) is 0 Å². The van der Waals surface area contributed by atoms with Crippen molar-refractivity contribution in [2.45, 2.75) is 39.7 Å². The van der Waals surface area contributed by atoms with Crippen LogP contribution in [0.5, 0.6) is 0 Å². The van der Waals surface area contributed by atoms with Gasteiger partial charge in [0.1, 0.15) is 0 Å². The highest BCUT2D eigenvalue weighted by molar-refractivity contribution is 5.26. The predicted octanol–water partition coefficient (Wildman–Crippen LogP) is 2.49. The van der Waals surface area contributed by atoms with Gasteiger partial charge >= 0.3 is 0 Å². The Balaban J connectivity index is 2.78. The summed E-state index contributed by atoms with van der Waals surface area (Å²) in [6.07, 6.45) is 3.81. The highest BCUT2D eigenvalue weighted by Gasteiger charge is 2.14. The molecule has 2 atom stereocenters. The monoisotopic (exact) mass is 192 g/mol. The zero-order valence-electron chi connectivity index (χ0n) is 9.54. The lowest BCUT2D eigenvalue weighted by Crippen LogP contribution is -2.30. The van der Waals surface area contributed by atoms with Crippen molar-refractivity contribution in [1.82, 2.24) is 10.3 Å². The summed E-state index contributed by atoms with van der Waals surface area (Å²) in [7, 11) is 0. The van der Waals surface area contributed by atoms with E-state index in [2.05, 4.69) is 44.1 Å². The maximum atomic E-state index is 4.11. The van der Waals surface area contributed by atoms with Gasteiger partial charge in [0.15, 0.2) is 0 Å². The highest BCUT2D eigenvalue weighted by Crippen LogP contribution is 2.21. The van der Waals surface area contributed by atoms with Crippen LogP contribution in [0.25, 0.3) is 0 Å². The van der Waals surface area contributed by atoms with Crippen LogP contribution < -0.4 is 5.32 Å². The van der Waals surface area contributed by atoms with E-state index in [4.69, 9.17) is 0 Å². The van der Waals surface area contributed by atoms with E-state index in [1.165, 1.54) is 11.1 Å². The SMILES string of the molecule is CCNC(C)C(C)c1ccncc1C. The van der Waals surface area contributed by atoms with E-state index in [0.29, 0.717) is 12.0 Å². The molecule has 0 aromatic carbocycles. The zero-order valence-corrected chi connectivity index (χ0v) is 9.54. The van der Waals surface area contributed by atoms with E-state index in [1.807, 2.05) is 12.4 Å². The fourth-order valence-electron chi connectivity index (χ4n) is 1.76. The van der Waals surface area contributed by atoms with Crippen molar-refractivity contribution in [1.29, 1.82) is 0 Å². The molecule has 1 N–H and O–H groups in total. The fraction of sp³-hybridized carbons (Fsp3) is 0.583. The van der Waals surface area contributed by atoms with Crippen molar-refractivity contribution in [3.05, 3.63) is 29.6 Å². The second-order valence-electron chi connectivity index (χ2n) is 3.87. The Hall–Kier alpha value is -0.890. The van der Waals surface area contributed by atoms with Gasteiger partial charge in [0, 0.05) is 18.4 Å². The molecule has 0 saturated heterocycles. The van der Waals surface area contributed by atoms with Crippen molar-refractivity contribution in [2.24, 2.45) is 0 Å². The average molecular weight is 192 g/mol. The molecule has 1 aromatic heterocycles. The summed E-state index contributed by atoms with van der Waals surface area (Å²) in [5.41, 5.74) is 2.68. The van der Waals surface area contributed by atoms with E-state index in [9.17, 15) is 0 Å². The maximum Gasteiger partial charge on any atom is 0.0299 e. The van der Waals surface area contributed by atoms with Crippen molar-refractivity contribution in [3.8, 4) is 0 Å². The molecule has 1 aromatic rings. The molecule has 78 valence electrons. The molecule has 0 amide bonds. The number of rotatable bonds is 4. The summed E-state index contributed by atoms with van der Waals surface area (Å²) in [5.74, 6) is 0.540. The molecular weight excluding hydrogens is 172 g/mol. The lowest BCUT2D eigenvalue weighted by atomic mass is 9.92. The van der Waals surface area contributed by atoms with Gasteiger partial charge in [0.05, 0.1) is 0 Å². The van der Waals surface area contributed by atoms with Crippen molar-refractivity contribution in [2.75, 3.05) is 6.54 Å². The molecule has 2 heteroatoms. The van der Waals surface area contributed by atoms with Crippen LogP contribution in [0.4, 0.5) is 0 Å². The molecule has 0 radical (unpaired) electrons. The molecule has 1 rings (SSSR count). The number of hydrogen-bond acceptors (Lipinski definition) is 2. The summed E-state index contributed by atoms with van der Waals surface area (Å²) in [4.78, 5) is 4.11. The Morgan fingerprint density at radius 1 is 1.43 bits per heavy atom. The molecule has 14 heavy (non-hydrogen) atoms. The summed E-state index contributed by atoms with van der Waals surface area (Å²) in [6.45, 7) is 9.78. The van der Waals surface area contributed by atoms with Crippen LogP contribution in [-0.4, -0.2) is 17.6 Å². The molecule has 0 aliphatic rings. The topological polar surface area (TPSA) is 24.9 Å². The quantitative estimate of drug-likeness (QED) is 0.792. The summed E-state index contributed by atoms with van der Waals surface area (Å²) in [5, 5.41) is 3.45. The van der Waals surface area contributed by atoms with E-state index < -0.39 is 0 Å². The molecular formula is C12H20N2. The number of pyridine rings is 1. The minimum atomic E-state index is 0.515. The molecule has 0 bridgehead atoms. The van der Waals surface area contributed by atoms with Gasteiger partial charge in [0.2, 0.25) is 0 Å². The molecule has 1 heterocycles. The minimum Gasteiger partial charge on any atom is -0.314 e. The van der Waals surface area contributed by atoms with Crippen LogP contribution in [0, 0.1) is 6.92 Å². The molecule has 0 aliphatic carbocycles. The Labute approximate surface area is 86.8 Å². The van der Waals surface area contributed by atoms with Gasteiger partial charge in [-0.25, -0.2) is 0 Å². The Bertz CT molecular complexity index is 283. The lowest BCUT2D eigenvalue weighted by Gasteiger charge is -2.22. The largest absolute Gasteiger partial charge is 0.314 e. The van der Waals surface area contributed by atoms with Crippen molar-refractivity contribution < 1.29 is 0 Å². The van der Waals surface area contributed by atoms with Crippen LogP contribution in [0.2, 0.25) is 0 Å². The van der Waals surface area contributed by atoms with Gasteiger partial charge < -0.3 is 5.32 Å². The number of aromatic nitrogens is 1. The van der Waals surface area contributed by atoms with Crippen LogP contribution in [-0.2, 0) is 0 Å². The number of aryl methyl sites for hydroxylation is 1. The Kier molecular flexibility index (Phi) is 4.08. The van der Waals surface area contributed by atoms with Gasteiger partial charge in [-0.15, -0.1) is 0 Å². The number of hydrogen-bond donors (Lipinski definition) is 1. The standard InChI is InChI=1S/C12H20N2/c1-5-14-11(4)10(3)12-6-7-13-8-9(12)2/h6-8,10-11,14H,5H2,1-4H3. The molecule has 0 saturated carbocycles. The van der Waals surface area contributed by atoms with Gasteiger partial charge in [-0.3, -0.25) is 4.98 Å². The Morgan fingerprint density at radius 2 is 2.14 bits per heavy atom. The lowest BCUT2D eigenvalue weighted by molar-refractivity contribution is 0.493. The van der Waals surface area contributed by atoms with Gasteiger partial charge in [-0.1, -0.05) is 13.8 Å². The maximum absolute atomic E-state index is 4.11. The third-order valence-electron chi connectivity index (χ3n) is 2.83. The molecule has 0 fully saturated rings. The second kappa shape index (κ2) is 5.11. The van der Waals surface area contributed by atoms with Gasteiger partial charge in [-0.2, -0.15) is 0 Å². The zero-order chi connectivity index (χ0) is 10.6. The van der Waals surface area contributed by atoms with E-state index in [1.54, 1.807) is 0 Å². The van der Waals surface area contributed by atoms with Crippen LogP contribution in [0.1, 0.15) is 37.8 Å². The third-order valence-corrected chi connectivity index (χ3v) is 2.83. The smallest absolute Gasteiger partial charge is 0.0299 e. The van der Waals surface area contributed by atoms with Gasteiger partial charge in [-0.05, 0) is 43.5 Å². The molecule has 2 nitrogen and oxygen atoms in total. The number of nitrogens with zero attached hydrogens (tertiary/aromatic N) is 1. The average Bonchev–Trinajstić information content (AvgIpc) is 2.18. The highest BCUT2D eigenvalue weighted by atomic mass is 14.9. The van der Waals surface area contributed by atoms with Crippen LogP contribution >= 0.6 is 0 Å². The van der Waals surface area contributed by atoms with Crippen molar-refractivity contribution >= 4 is 0 Å². The van der Waals surface area contributed by atoms with E-state index in [0.717, 1.165) is 6.54 Å². The Morgan fingerprint density at radius 3 is 2.71 bits per heavy atom. The second-order valence-corrected chi connectivity index (χ2v) is 3.87. The third kappa shape index (κ3) is 2.55. The van der Waals surface area contributed by atoms with Gasteiger partial charge in [0.25, 0.3) is 0 Å². The first-order chi connectivity index (χ1) is 6.66. The first-order valence-electron chi connectivity index (χ1n) is 5.30. The minimum absolute atomic E-state index is 0.515. The normalized spacial score (nSPS) is 15.1. The summed E-state index contributed by atoms with van der Waals surface area (Å²) < 4.78 is 0. The van der Waals surface area contributed by atoms with Crippen LogP contribution in [0.15, 0.2) is 18.5 Å². The number of nitrogens with one attached hydrogen (secondary N) is 1. The molecule has 2 unspecified atom stereocenters. The predicted molar refractivity (Wildman–Crippen MR) is 60.5 cm³/mol. The first kappa shape index (κ1) is 11.2.